The van der Waals surface area contributed by atoms with E-state index in [2.05, 4.69) is 17.5 Å². The van der Waals surface area contributed by atoms with E-state index in [1.807, 2.05) is 42.5 Å². The van der Waals surface area contributed by atoms with Crippen LogP contribution in [0.2, 0.25) is 0 Å². The summed E-state index contributed by atoms with van der Waals surface area (Å²) in [6, 6.07) is 16.1. The maximum atomic E-state index is 11.6. The summed E-state index contributed by atoms with van der Waals surface area (Å²) in [6.07, 6.45) is 1.92. The number of hydrogen-bond acceptors (Lipinski definition) is 4. The van der Waals surface area contributed by atoms with Crippen LogP contribution in [0.25, 0.3) is 6.08 Å². The van der Waals surface area contributed by atoms with Gasteiger partial charge in [-0.2, -0.15) is 0 Å². The van der Waals surface area contributed by atoms with Gasteiger partial charge in [-0.3, -0.25) is 4.90 Å². The Kier molecular flexibility index (Phi) is 4.39. The van der Waals surface area contributed by atoms with E-state index in [-0.39, 0.29) is 6.09 Å². The smallest absolute Gasteiger partial charge is 0.414 e. The number of para-hydroxylation sites is 1. The lowest BCUT2D eigenvalue weighted by Gasteiger charge is -2.18. The minimum absolute atomic E-state index is 0.268. The maximum absolute atomic E-state index is 11.6. The summed E-state index contributed by atoms with van der Waals surface area (Å²) in [5.41, 5.74) is 4.42. The number of anilines is 1. The second kappa shape index (κ2) is 6.99. The number of carbonyl (C=O) groups excluding carboxylic acids is 1. The molecule has 0 aromatic heterocycles. The zero-order valence-corrected chi connectivity index (χ0v) is 13.9. The Labute approximate surface area is 146 Å². The molecule has 128 valence electrons. The van der Waals surface area contributed by atoms with E-state index in [0.29, 0.717) is 19.8 Å². The molecule has 1 amide bonds. The fourth-order valence-corrected chi connectivity index (χ4v) is 3.05. The van der Waals surface area contributed by atoms with Gasteiger partial charge in [-0.1, -0.05) is 30.3 Å². The molecule has 0 aliphatic carbocycles. The zero-order chi connectivity index (χ0) is 17.1. The lowest BCUT2D eigenvalue weighted by Crippen LogP contribution is -2.23. The van der Waals surface area contributed by atoms with Gasteiger partial charge in [0.1, 0.15) is 19.0 Å². The molecule has 0 unspecified atom stereocenters. The van der Waals surface area contributed by atoms with Crippen LogP contribution in [0.1, 0.15) is 11.1 Å². The van der Waals surface area contributed by atoms with Crippen molar-refractivity contribution in [1.82, 2.24) is 5.32 Å². The molecule has 1 N–H and O–H groups in total. The van der Waals surface area contributed by atoms with Crippen molar-refractivity contribution in [1.29, 1.82) is 0 Å². The van der Waals surface area contributed by atoms with Crippen molar-refractivity contribution < 1.29 is 14.3 Å². The predicted octanol–water partition coefficient (Wildman–Crippen LogP) is 3.21. The van der Waals surface area contributed by atoms with Crippen molar-refractivity contribution in [3.63, 3.8) is 0 Å². The standard InChI is InChI=1S/C20H20N2O3/c23-20-22(9-10-24-20)18-7-5-15(6-8-18)12-21-13-16-11-17-3-1-2-4-19(17)25-14-16/h1-8,11,21H,9-10,12-14H2. The van der Waals surface area contributed by atoms with Crippen molar-refractivity contribution in [2.75, 3.05) is 31.2 Å². The fraction of sp³-hybridized carbons (Fsp3) is 0.250. The van der Waals surface area contributed by atoms with Crippen LogP contribution in [0.5, 0.6) is 5.75 Å². The van der Waals surface area contributed by atoms with Gasteiger partial charge >= 0.3 is 6.09 Å². The number of nitrogens with zero attached hydrogens (tertiary/aromatic N) is 1. The normalized spacial score (nSPS) is 16.1. The Bertz CT molecular complexity index is 799. The van der Waals surface area contributed by atoms with Crippen LogP contribution in [-0.2, 0) is 11.3 Å². The maximum Gasteiger partial charge on any atom is 0.414 e. The first-order chi connectivity index (χ1) is 12.3. The van der Waals surface area contributed by atoms with Crippen LogP contribution in [-0.4, -0.2) is 32.4 Å². The van der Waals surface area contributed by atoms with Gasteiger partial charge < -0.3 is 14.8 Å². The molecule has 0 saturated carbocycles. The number of amides is 1. The van der Waals surface area contributed by atoms with Crippen LogP contribution in [0.4, 0.5) is 10.5 Å². The average Bonchev–Trinajstić information content (AvgIpc) is 3.08. The van der Waals surface area contributed by atoms with Crippen LogP contribution in [0, 0.1) is 0 Å². The summed E-state index contributed by atoms with van der Waals surface area (Å²) < 4.78 is 10.7. The highest BCUT2D eigenvalue weighted by Crippen LogP contribution is 2.25. The van der Waals surface area contributed by atoms with Gasteiger partial charge in [0.15, 0.2) is 0 Å². The molecule has 1 fully saturated rings. The van der Waals surface area contributed by atoms with Gasteiger partial charge in [-0.15, -0.1) is 0 Å². The second-order valence-electron chi connectivity index (χ2n) is 6.17. The molecule has 0 radical (unpaired) electrons. The Morgan fingerprint density at radius 3 is 2.64 bits per heavy atom. The summed E-state index contributed by atoms with van der Waals surface area (Å²) in [6.45, 7) is 3.26. The number of rotatable bonds is 5. The third kappa shape index (κ3) is 3.51. The van der Waals surface area contributed by atoms with E-state index in [1.165, 1.54) is 11.1 Å². The zero-order valence-electron chi connectivity index (χ0n) is 13.9. The summed E-state index contributed by atoms with van der Waals surface area (Å²) in [7, 11) is 0. The predicted molar refractivity (Wildman–Crippen MR) is 96.8 cm³/mol. The average molecular weight is 336 g/mol. The van der Waals surface area contributed by atoms with Crippen LogP contribution < -0.4 is 15.0 Å². The highest BCUT2D eigenvalue weighted by atomic mass is 16.6. The molecule has 0 bridgehead atoms. The number of fused-ring (bicyclic) bond motifs is 1. The molecule has 2 aromatic rings. The largest absolute Gasteiger partial charge is 0.489 e. The van der Waals surface area contributed by atoms with Crippen molar-refractivity contribution in [3.8, 4) is 5.75 Å². The van der Waals surface area contributed by atoms with E-state index >= 15 is 0 Å². The minimum atomic E-state index is -0.268. The highest BCUT2D eigenvalue weighted by molar-refractivity contribution is 5.89. The summed E-state index contributed by atoms with van der Waals surface area (Å²) in [4.78, 5) is 13.2. The molecule has 1 saturated heterocycles. The lowest BCUT2D eigenvalue weighted by atomic mass is 10.1. The summed E-state index contributed by atoms with van der Waals surface area (Å²) in [5, 5.41) is 3.45. The van der Waals surface area contributed by atoms with Gasteiger partial charge in [0, 0.05) is 24.3 Å². The Hall–Kier alpha value is -2.79. The lowest BCUT2D eigenvalue weighted by molar-refractivity contribution is 0.181. The minimum Gasteiger partial charge on any atom is -0.489 e. The molecular weight excluding hydrogens is 316 g/mol. The monoisotopic (exact) mass is 336 g/mol. The van der Waals surface area contributed by atoms with E-state index in [0.717, 1.165) is 30.1 Å². The molecule has 2 aliphatic heterocycles. The quantitative estimate of drug-likeness (QED) is 0.911. The number of nitrogens with one attached hydrogen (secondary N) is 1. The first-order valence-corrected chi connectivity index (χ1v) is 8.45. The van der Waals surface area contributed by atoms with Crippen molar-refractivity contribution in [3.05, 3.63) is 65.2 Å². The van der Waals surface area contributed by atoms with Gasteiger partial charge in [-0.25, -0.2) is 4.79 Å². The summed E-state index contributed by atoms with van der Waals surface area (Å²) in [5.74, 6) is 0.947. The number of benzene rings is 2. The number of cyclic esters (lactones) is 1. The van der Waals surface area contributed by atoms with Crippen LogP contribution >= 0.6 is 0 Å². The second-order valence-corrected chi connectivity index (χ2v) is 6.17. The van der Waals surface area contributed by atoms with E-state index in [1.54, 1.807) is 4.90 Å². The van der Waals surface area contributed by atoms with E-state index < -0.39 is 0 Å². The molecule has 4 rings (SSSR count). The molecule has 0 atom stereocenters. The molecule has 0 spiro atoms. The highest BCUT2D eigenvalue weighted by Gasteiger charge is 2.23. The molecule has 5 heteroatoms. The molecular formula is C20H20N2O3. The Morgan fingerprint density at radius 2 is 1.84 bits per heavy atom. The molecule has 2 aromatic carbocycles. The third-order valence-corrected chi connectivity index (χ3v) is 4.38. The molecule has 5 nitrogen and oxygen atoms in total. The van der Waals surface area contributed by atoms with Crippen LogP contribution in [0.15, 0.2) is 54.1 Å². The topological polar surface area (TPSA) is 50.8 Å². The first-order valence-electron chi connectivity index (χ1n) is 8.45. The number of hydrogen-bond donors (Lipinski definition) is 1. The van der Waals surface area contributed by atoms with Crippen LogP contribution in [0.3, 0.4) is 0 Å². The SMILES string of the molecule is O=C1OCCN1c1ccc(CNCC2=Cc3ccccc3OC2)cc1. The summed E-state index contributed by atoms with van der Waals surface area (Å²) >= 11 is 0. The van der Waals surface area contributed by atoms with Crippen molar-refractivity contribution in [2.24, 2.45) is 0 Å². The van der Waals surface area contributed by atoms with Gasteiger partial charge in [0.2, 0.25) is 0 Å². The molecule has 2 aliphatic rings. The molecule has 25 heavy (non-hydrogen) atoms. The Morgan fingerprint density at radius 1 is 1.00 bits per heavy atom. The van der Waals surface area contributed by atoms with Gasteiger partial charge in [-0.05, 0) is 35.4 Å². The number of carbonyl (C=O) groups is 1. The number of ether oxygens (including phenoxy) is 2. The molecule has 2 heterocycles. The van der Waals surface area contributed by atoms with Crippen molar-refractivity contribution in [2.45, 2.75) is 6.54 Å². The van der Waals surface area contributed by atoms with Gasteiger partial charge in [0.05, 0.1) is 6.54 Å². The fourth-order valence-electron chi connectivity index (χ4n) is 3.05. The Balaban J connectivity index is 1.32. The van der Waals surface area contributed by atoms with Crippen molar-refractivity contribution >= 4 is 17.9 Å². The third-order valence-electron chi connectivity index (χ3n) is 4.38. The van der Waals surface area contributed by atoms with Gasteiger partial charge in [0.25, 0.3) is 0 Å². The van der Waals surface area contributed by atoms with E-state index in [9.17, 15) is 4.79 Å². The first kappa shape index (κ1) is 15.7. The van der Waals surface area contributed by atoms with E-state index in [4.69, 9.17) is 9.47 Å².